The highest BCUT2D eigenvalue weighted by Crippen LogP contribution is 2.29. The van der Waals surface area contributed by atoms with Crippen LogP contribution in [0.3, 0.4) is 0 Å². The van der Waals surface area contributed by atoms with Gasteiger partial charge in [-0.25, -0.2) is 13.8 Å². The van der Waals surface area contributed by atoms with Crippen molar-refractivity contribution in [3.63, 3.8) is 0 Å². The fourth-order valence-corrected chi connectivity index (χ4v) is 2.68. The van der Waals surface area contributed by atoms with Crippen molar-refractivity contribution < 1.29 is 13.9 Å². The lowest BCUT2D eigenvalue weighted by Gasteiger charge is -2.09. The minimum atomic E-state index is -2.54. The maximum atomic E-state index is 12.5. The average molecular weight is 320 g/mol. The Bertz CT molecular complexity index is 518. The van der Waals surface area contributed by atoms with Crippen LogP contribution < -0.4 is 0 Å². The van der Waals surface area contributed by atoms with Crippen LogP contribution in [0.1, 0.15) is 28.7 Å². The summed E-state index contributed by atoms with van der Waals surface area (Å²) in [7, 11) is 0. The van der Waals surface area contributed by atoms with Gasteiger partial charge in [0.1, 0.15) is 15.7 Å². The highest BCUT2D eigenvalue weighted by molar-refractivity contribution is 9.10. The number of thiazole rings is 1. The number of aliphatic hydroxyl groups excluding tert-OH is 1. The highest BCUT2D eigenvalue weighted by Gasteiger charge is 2.16. The number of rotatable bonds is 3. The second-order valence-corrected chi connectivity index (χ2v) is 5.08. The first-order valence-corrected chi connectivity index (χ1v) is 6.42. The molecule has 1 heterocycles. The van der Waals surface area contributed by atoms with Gasteiger partial charge in [0.15, 0.2) is 0 Å². The first-order chi connectivity index (χ1) is 8.08. The molecule has 0 saturated heterocycles. The third-order valence-electron chi connectivity index (χ3n) is 2.21. The molecule has 2 rings (SSSR count). The van der Waals surface area contributed by atoms with Crippen LogP contribution in [-0.2, 0) is 0 Å². The van der Waals surface area contributed by atoms with E-state index in [4.69, 9.17) is 0 Å². The molecule has 2 nitrogen and oxygen atoms in total. The van der Waals surface area contributed by atoms with Crippen molar-refractivity contribution in [1.82, 2.24) is 4.98 Å². The number of benzene rings is 1. The zero-order chi connectivity index (χ0) is 12.4. The molecule has 0 amide bonds. The summed E-state index contributed by atoms with van der Waals surface area (Å²) in [6.45, 7) is 0. The number of alkyl halides is 2. The monoisotopic (exact) mass is 319 g/mol. The van der Waals surface area contributed by atoms with Crippen LogP contribution in [-0.4, -0.2) is 10.1 Å². The fourth-order valence-electron chi connectivity index (χ4n) is 1.40. The molecule has 1 aromatic heterocycles. The Hall–Kier alpha value is -0.850. The van der Waals surface area contributed by atoms with E-state index in [9.17, 15) is 13.9 Å². The quantitative estimate of drug-likeness (QED) is 0.930. The molecule has 17 heavy (non-hydrogen) atoms. The van der Waals surface area contributed by atoms with Crippen molar-refractivity contribution >= 4 is 27.3 Å². The lowest BCUT2D eigenvalue weighted by atomic mass is 10.1. The molecule has 1 unspecified atom stereocenters. The Labute approximate surface area is 109 Å². The van der Waals surface area contributed by atoms with E-state index < -0.39 is 12.5 Å². The minimum absolute atomic E-state index is 0.0998. The van der Waals surface area contributed by atoms with Crippen LogP contribution in [0.4, 0.5) is 8.78 Å². The lowest BCUT2D eigenvalue weighted by molar-refractivity contribution is 0.150. The predicted molar refractivity (Wildman–Crippen MR) is 65.3 cm³/mol. The van der Waals surface area contributed by atoms with E-state index in [1.54, 1.807) is 11.4 Å². The first kappa shape index (κ1) is 12.6. The number of hydrogen-bond donors (Lipinski definition) is 1. The maximum Gasteiger partial charge on any atom is 0.263 e. The topological polar surface area (TPSA) is 33.1 Å². The van der Waals surface area contributed by atoms with Crippen LogP contribution in [0.15, 0.2) is 34.2 Å². The van der Waals surface area contributed by atoms with E-state index in [-0.39, 0.29) is 5.56 Å². The summed E-state index contributed by atoms with van der Waals surface area (Å²) in [5.41, 5.74) is 0.321. The van der Waals surface area contributed by atoms with Crippen molar-refractivity contribution in [3.05, 3.63) is 50.4 Å². The molecule has 6 heteroatoms. The number of aromatic nitrogens is 1. The molecule has 0 aliphatic heterocycles. The zero-order valence-electron chi connectivity index (χ0n) is 8.48. The van der Waals surface area contributed by atoms with Gasteiger partial charge in [0.05, 0.1) is 0 Å². The van der Waals surface area contributed by atoms with Crippen molar-refractivity contribution in [2.75, 3.05) is 0 Å². The zero-order valence-corrected chi connectivity index (χ0v) is 10.9. The average Bonchev–Trinajstić information content (AvgIpc) is 2.75. The van der Waals surface area contributed by atoms with Gasteiger partial charge in [0, 0.05) is 10.9 Å². The molecule has 0 radical (unpaired) electrons. The third kappa shape index (κ3) is 2.88. The van der Waals surface area contributed by atoms with Gasteiger partial charge in [0.2, 0.25) is 0 Å². The Kier molecular flexibility index (Phi) is 3.86. The Morgan fingerprint density at radius 1 is 1.29 bits per heavy atom. The van der Waals surface area contributed by atoms with Crippen LogP contribution in [0, 0.1) is 0 Å². The third-order valence-corrected chi connectivity index (χ3v) is 3.81. The first-order valence-electron chi connectivity index (χ1n) is 4.75. The molecule has 1 aromatic carbocycles. The van der Waals surface area contributed by atoms with E-state index in [0.29, 0.717) is 15.2 Å². The molecule has 2 aromatic rings. The van der Waals surface area contributed by atoms with Gasteiger partial charge in [-0.05, 0) is 27.6 Å². The molecular formula is C11H8BrF2NOS. The van der Waals surface area contributed by atoms with Crippen molar-refractivity contribution in [2.24, 2.45) is 0 Å². The number of aliphatic hydroxyl groups is 1. The smallest absolute Gasteiger partial charge is 0.263 e. The molecule has 0 spiro atoms. The number of nitrogens with zero attached hydrogens (tertiary/aromatic N) is 1. The molecule has 1 N–H and O–H groups in total. The van der Waals surface area contributed by atoms with E-state index in [1.165, 1.54) is 29.5 Å². The fraction of sp³-hybridized carbons (Fsp3) is 0.182. The lowest BCUT2D eigenvalue weighted by Crippen LogP contribution is -2.00. The number of halogens is 3. The second-order valence-electron chi connectivity index (χ2n) is 3.38. The molecule has 0 aliphatic rings. The van der Waals surface area contributed by atoms with Gasteiger partial charge in [-0.2, -0.15) is 0 Å². The van der Waals surface area contributed by atoms with Crippen molar-refractivity contribution in [1.29, 1.82) is 0 Å². The van der Waals surface area contributed by atoms with Gasteiger partial charge in [-0.1, -0.05) is 18.2 Å². The number of hydrogen-bond acceptors (Lipinski definition) is 3. The molecular weight excluding hydrogens is 312 g/mol. The summed E-state index contributed by atoms with van der Waals surface area (Å²) >= 11 is 4.45. The standard InChI is InChI=1S/C11H8BrF2NOS/c12-8-5-17-11(15-8)9(16)6-2-1-3-7(4-6)10(13)14/h1-5,9-10,16H. The molecule has 1 atom stereocenters. The summed E-state index contributed by atoms with van der Waals surface area (Å²) in [5, 5.41) is 12.2. The molecule has 90 valence electrons. The second kappa shape index (κ2) is 5.20. The van der Waals surface area contributed by atoms with Gasteiger partial charge in [0.25, 0.3) is 6.43 Å². The summed E-state index contributed by atoms with van der Waals surface area (Å²) in [4.78, 5) is 4.06. The SMILES string of the molecule is OC(c1cccc(C(F)F)c1)c1nc(Br)cs1. The summed E-state index contributed by atoms with van der Waals surface area (Å²) in [6.07, 6.45) is -3.50. The Balaban J connectivity index is 2.30. The molecule has 0 bridgehead atoms. The van der Waals surface area contributed by atoms with E-state index in [0.717, 1.165) is 0 Å². The van der Waals surface area contributed by atoms with Gasteiger partial charge >= 0.3 is 0 Å². The molecule has 0 saturated carbocycles. The molecule has 0 aliphatic carbocycles. The van der Waals surface area contributed by atoms with Gasteiger partial charge < -0.3 is 5.11 Å². The van der Waals surface area contributed by atoms with Gasteiger partial charge in [-0.3, -0.25) is 0 Å². The summed E-state index contributed by atoms with van der Waals surface area (Å²) < 4.78 is 25.7. The van der Waals surface area contributed by atoms with Crippen molar-refractivity contribution in [2.45, 2.75) is 12.5 Å². The predicted octanol–water partition coefficient (Wildman–Crippen LogP) is 3.92. The Morgan fingerprint density at radius 3 is 2.59 bits per heavy atom. The van der Waals surface area contributed by atoms with Crippen LogP contribution >= 0.6 is 27.3 Å². The van der Waals surface area contributed by atoms with Crippen molar-refractivity contribution in [3.8, 4) is 0 Å². The van der Waals surface area contributed by atoms with Crippen LogP contribution in [0.25, 0.3) is 0 Å². The van der Waals surface area contributed by atoms with E-state index in [1.807, 2.05) is 0 Å². The maximum absolute atomic E-state index is 12.5. The largest absolute Gasteiger partial charge is 0.381 e. The Morgan fingerprint density at radius 2 is 2.00 bits per heavy atom. The normalized spacial score (nSPS) is 13.0. The van der Waals surface area contributed by atoms with Crippen LogP contribution in [0.2, 0.25) is 0 Å². The van der Waals surface area contributed by atoms with Crippen LogP contribution in [0.5, 0.6) is 0 Å². The van der Waals surface area contributed by atoms with E-state index in [2.05, 4.69) is 20.9 Å². The van der Waals surface area contributed by atoms with E-state index >= 15 is 0 Å². The van der Waals surface area contributed by atoms with Gasteiger partial charge in [-0.15, -0.1) is 11.3 Å². The molecule has 0 fully saturated rings. The summed E-state index contributed by atoms with van der Waals surface area (Å²) in [5.74, 6) is 0. The highest BCUT2D eigenvalue weighted by atomic mass is 79.9. The minimum Gasteiger partial charge on any atom is -0.381 e. The summed E-state index contributed by atoms with van der Waals surface area (Å²) in [6, 6.07) is 5.73.